The van der Waals surface area contributed by atoms with Crippen molar-refractivity contribution in [2.45, 2.75) is 51.4 Å². The topological polar surface area (TPSA) is 23.8 Å². The molecule has 0 aromatic heterocycles. The minimum absolute atomic E-state index is 0.0370. The SMILES string of the molecule is CCCC1CCC(c2cc(F)c(C#N)c(Cl)c2)CC1. The molecule has 0 aliphatic heterocycles. The molecular formula is C16H19ClFN. The summed E-state index contributed by atoms with van der Waals surface area (Å²) in [5.74, 6) is 0.744. The lowest BCUT2D eigenvalue weighted by atomic mass is 9.77. The molecular weight excluding hydrogens is 261 g/mol. The van der Waals surface area contributed by atoms with Gasteiger partial charge in [0.2, 0.25) is 0 Å². The third-order valence-corrected chi connectivity index (χ3v) is 4.49. The molecule has 19 heavy (non-hydrogen) atoms. The fourth-order valence-corrected chi connectivity index (χ4v) is 3.39. The largest absolute Gasteiger partial charge is 0.205 e. The van der Waals surface area contributed by atoms with Crippen molar-refractivity contribution in [3.8, 4) is 6.07 Å². The summed E-state index contributed by atoms with van der Waals surface area (Å²) in [5.41, 5.74) is 0.918. The van der Waals surface area contributed by atoms with E-state index in [1.165, 1.54) is 31.7 Å². The molecule has 0 spiro atoms. The quantitative estimate of drug-likeness (QED) is 0.724. The van der Waals surface area contributed by atoms with Crippen LogP contribution in [-0.2, 0) is 0 Å². The smallest absolute Gasteiger partial charge is 0.142 e. The molecule has 0 radical (unpaired) electrons. The van der Waals surface area contributed by atoms with Gasteiger partial charge in [-0.15, -0.1) is 0 Å². The van der Waals surface area contributed by atoms with Gasteiger partial charge < -0.3 is 0 Å². The summed E-state index contributed by atoms with van der Waals surface area (Å²) < 4.78 is 13.8. The van der Waals surface area contributed by atoms with E-state index in [9.17, 15) is 4.39 Å². The third-order valence-electron chi connectivity index (χ3n) is 4.19. The number of rotatable bonds is 3. The molecule has 1 aliphatic carbocycles. The maximum Gasteiger partial charge on any atom is 0.142 e. The molecule has 0 saturated heterocycles. The Morgan fingerprint density at radius 2 is 2.00 bits per heavy atom. The van der Waals surface area contributed by atoms with Crippen LogP contribution in [0.1, 0.15) is 62.5 Å². The van der Waals surface area contributed by atoms with Gasteiger partial charge in [0.25, 0.3) is 0 Å². The summed E-state index contributed by atoms with van der Waals surface area (Å²) >= 11 is 5.97. The predicted molar refractivity (Wildman–Crippen MR) is 75.7 cm³/mol. The highest BCUT2D eigenvalue weighted by Crippen LogP contribution is 2.38. The first-order valence-electron chi connectivity index (χ1n) is 7.04. The fourth-order valence-electron chi connectivity index (χ4n) is 3.13. The summed E-state index contributed by atoms with van der Waals surface area (Å²) in [4.78, 5) is 0. The Morgan fingerprint density at radius 3 is 2.53 bits per heavy atom. The Morgan fingerprint density at radius 1 is 1.32 bits per heavy atom. The molecule has 2 rings (SSSR count). The zero-order chi connectivity index (χ0) is 13.8. The second-order valence-electron chi connectivity index (χ2n) is 5.48. The van der Waals surface area contributed by atoms with Crippen LogP contribution < -0.4 is 0 Å². The first kappa shape index (κ1) is 14.3. The van der Waals surface area contributed by atoms with Gasteiger partial charge in [0.15, 0.2) is 0 Å². The highest BCUT2D eigenvalue weighted by Gasteiger charge is 2.23. The van der Waals surface area contributed by atoms with Crippen LogP contribution in [0.4, 0.5) is 4.39 Å². The van der Waals surface area contributed by atoms with E-state index in [-0.39, 0.29) is 10.6 Å². The van der Waals surface area contributed by atoms with Crippen LogP contribution in [-0.4, -0.2) is 0 Å². The van der Waals surface area contributed by atoms with E-state index < -0.39 is 5.82 Å². The lowest BCUT2D eigenvalue weighted by Gasteiger charge is -2.28. The first-order chi connectivity index (χ1) is 9.15. The molecule has 1 aliphatic rings. The summed E-state index contributed by atoms with van der Waals surface area (Å²) in [5, 5.41) is 9.06. The van der Waals surface area contributed by atoms with Crippen molar-refractivity contribution in [2.24, 2.45) is 5.92 Å². The number of hydrogen-bond acceptors (Lipinski definition) is 1. The molecule has 102 valence electrons. The van der Waals surface area contributed by atoms with Gasteiger partial charge in [-0.3, -0.25) is 0 Å². The highest BCUT2D eigenvalue weighted by atomic mass is 35.5. The zero-order valence-corrected chi connectivity index (χ0v) is 12.0. The number of nitriles is 1. The van der Waals surface area contributed by atoms with Crippen LogP contribution >= 0.6 is 11.6 Å². The first-order valence-corrected chi connectivity index (χ1v) is 7.42. The lowest BCUT2D eigenvalue weighted by molar-refractivity contribution is 0.308. The average molecular weight is 280 g/mol. The third kappa shape index (κ3) is 3.28. The maximum atomic E-state index is 13.8. The zero-order valence-electron chi connectivity index (χ0n) is 11.3. The van der Waals surface area contributed by atoms with E-state index in [0.717, 1.165) is 24.3 Å². The molecule has 1 aromatic carbocycles. The second-order valence-corrected chi connectivity index (χ2v) is 5.88. The Labute approximate surface area is 119 Å². The number of halogens is 2. The molecule has 3 heteroatoms. The second kappa shape index (κ2) is 6.39. The summed E-state index contributed by atoms with van der Waals surface area (Å²) in [6.07, 6.45) is 7.19. The van der Waals surface area contributed by atoms with Crippen molar-refractivity contribution in [1.29, 1.82) is 5.26 Å². The summed E-state index contributed by atoms with van der Waals surface area (Å²) in [7, 11) is 0. The minimum atomic E-state index is -0.485. The Hall–Kier alpha value is -1.07. The number of hydrogen-bond donors (Lipinski definition) is 0. The van der Waals surface area contributed by atoms with Gasteiger partial charge in [0, 0.05) is 0 Å². The number of benzene rings is 1. The normalized spacial score (nSPS) is 23.1. The van der Waals surface area contributed by atoms with Crippen LogP contribution in [0, 0.1) is 23.1 Å². The van der Waals surface area contributed by atoms with Crippen LogP contribution in [0.25, 0.3) is 0 Å². The van der Waals surface area contributed by atoms with E-state index in [4.69, 9.17) is 16.9 Å². The van der Waals surface area contributed by atoms with Gasteiger partial charge in [-0.1, -0.05) is 31.4 Å². The molecule has 1 saturated carbocycles. The molecule has 0 unspecified atom stereocenters. The molecule has 1 nitrogen and oxygen atoms in total. The van der Waals surface area contributed by atoms with Gasteiger partial charge >= 0.3 is 0 Å². The van der Waals surface area contributed by atoms with Crippen LogP contribution in [0.15, 0.2) is 12.1 Å². The van der Waals surface area contributed by atoms with Gasteiger partial charge in [-0.2, -0.15) is 5.26 Å². The Bertz CT molecular complexity index is 461. The van der Waals surface area contributed by atoms with E-state index in [1.807, 2.05) is 6.07 Å². The average Bonchev–Trinajstić information content (AvgIpc) is 2.39. The maximum absolute atomic E-state index is 13.8. The van der Waals surface area contributed by atoms with Crippen molar-refractivity contribution >= 4 is 11.6 Å². The molecule has 1 aromatic rings. The van der Waals surface area contributed by atoms with E-state index in [0.29, 0.717) is 5.92 Å². The Balaban J connectivity index is 2.10. The van der Waals surface area contributed by atoms with Gasteiger partial charge in [-0.05, 0) is 55.2 Å². The molecule has 0 atom stereocenters. The van der Waals surface area contributed by atoms with Gasteiger partial charge in [-0.25, -0.2) is 4.39 Å². The van der Waals surface area contributed by atoms with Crippen molar-refractivity contribution in [3.05, 3.63) is 34.1 Å². The van der Waals surface area contributed by atoms with Gasteiger partial charge in [0.05, 0.1) is 5.02 Å². The Kier molecular flexibility index (Phi) is 4.82. The van der Waals surface area contributed by atoms with E-state index in [1.54, 1.807) is 6.07 Å². The van der Waals surface area contributed by atoms with Gasteiger partial charge in [0.1, 0.15) is 17.4 Å². The van der Waals surface area contributed by atoms with Crippen molar-refractivity contribution < 1.29 is 4.39 Å². The highest BCUT2D eigenvalue weighted by molar-refractivity contribution is 6.31. The van der Waals surface area contributed by atoms with Crippen LogP contribution in [0.2, 0.25) is 5.02 Å². The number of nitrogens with zero attached hydrogens (tertiary/aromatic N) is 1. The summed E-state index contributed by atoms with van der Waals surface area (Å²) in [6, 6.07) is 5.08. The van der Waals surface area contributed by atoms with Crippen LogP contribution in [0.3, 0.4) is 0 Å². The van der Waals surface area contributed by atoms with E-state index >= 15 is 0 Å². The predicted octanol–water partition coefficient (Wildman–Crippen LogP) is 5.42. The minimum Gasteiger partial charge on any atom is -0.205 e. The van der Waals surface area contributed by atoms with Crippen molar-refractivity contribution in [1.82, 2.24) is 0 Å². The van der Waals surface area contributed by atoms with Crippen molar-refractivity contribution in [3.63, 3.8) is 0 Å². The molecule has 0 heterocycles. The monoisotopic (exact) mass is 279 g/mol. The summed E-state index contributed by atoms with van der Waals surface area (Å²) in [6.45, 7) is 2.22. The standard InChI is InChI=1S/C16H19ClFN/c1-2-3-11-4-6-12(7-5-11)13-8-15(17)14(10-19)16(18)9-13/h8-9,11-12H,2-7H2,1H3. The molecule has 0 N–H and O–H groups in total. The fraction of sp³-hybridized carbons (Fsp3) is 0.562. The van der Waals surface area contributed by atoms with Crippen molar-refractivity contribution in [2.75, 3.05) is 0 Å². The molecule has 1 fully saturated rings. The molecule has 0 amide bonds. The van der Waals surface area contributed by atoms with E-state index in [2.05, 4.69) is 6.92 Å². The molecule has 0 bridgehead atoms. The lowest BCUT2D eigenvalue weighted by Crippen LogP contribution is -2.13. The van der Waals surface area contributed by atoms with Crippen LogP contribution in [0.5, 0.6) is 0 Å².